The van der Waals surface area contributed by atoms with Crippen molar-refractivity contribution in [2.24, 2.45) is 0 Å². The van der Waals surface area contributed by atoms with E-state index in [1.165, 1.54) is 30.5 Å². The first kappa shape index (κ1) is 21.3. The zero-order valence-corrected chi connectivity index (χ0v) is 16.9. The maximum Gasteiger partial charge on any atom is 0.273 e. The van der Waals surface area contributed by atoms with Crippen LogP contribution in [0.4, 0.5) is 4.39 Å². The van der Waals surface area contributed by atoms with E-state index < -0.39 is 5.91 Å². The van der Waals surface area contributed by atoms with Gasteiger partial charge in [-0.15, -0.1) is 0 Å². The maximum absolute atomic E-state index is 13.1. The zero-order chi connectivity index (χ0) is 21.5. The maximum atomic E-state index is 13.1. The van der Waals surface area contributed by atoms with Crippen molar-refractivity contribution in [1.29, 1.82) is 0 Å². The van der Waals surface area contributed by atoms with Gasteiger partial charge in [0.1, 0.15) is 11.6 Å². The molecular formula is C21H20ClFN4O3. The van der Waals surface area contributed by atoms with Crippen LogP contribution in [0, 0.1) is 12.7 Å². The van der Waals surface area contributed by atoms with Crippen LogP contribution in [-0.4, -0.2) is 28.6 Å². The fraction of sp³-hybridized carbons (Fsp3) is 0.190. The van der Waals surface area contributed by atoms with Crippen molar-refractivity contribution >= 4 is 23.4 Å². The summed E-state index contributed by atoms with van der Waals surface area (Å²) in [6.07, 6.45) is 1.97. The summed E-state index contributed by atoms with van der Waals surface area (Å²) in [6, 6.07) is 10.9. The lowest BCUT2D eigenvalue weighted by Crippen LogP contribution is -2.41. The first-order chi connectivity index (χ1) is 14.4. The van der Waals surface area contributed by atoms with Crippen LogP contribution in [-0.2, 0) is 4.79 Å². The lowest BCUT2D eigenvalue weighted by molar-refractivity contribution is -0.122. The number of aryl methyl sites for hydroxylation is 1. The van der Waals surface area contributed by atoms with Crippen LogP contribution in [0.25, 0.3) is 11.3 Å². The van der Waals surface area contributed by atoms with Gasteiger partial charge in [-0.3, -0.25) is 25.5 Å². The van der Waals surface area contributed by atoms with Gasteiger partial charge in [-0.1, -0.05) is 11.6 Å². The second-order valence-corrected chi connectivity index (χ2v) is 6.97. The molecule has 2 amide bonds. The van der Waals surface area contributed by atoms with Gasteiger partial charge in [0.25, 0.3) is 5.91 Å². The number of hydrazine groups is 1. The molecule has 0 aliphatic rings. The van der Waals surface area contributed by atoms with Gasteiger partial charge in [0.2, 0.25) is 5.91 Å². The predicted molar refractivity (Wildman–Crippen MR) is 111 cm³/mol. The molecule has 0 spiro atoms. The average Bonchev–Trinajstić information content (AvgIpc) is 3.21. The largest absolute Gasteiger partial charge is 0.493 e. The van der Waals surface area contributed by atoms with E-state index >= 15 is 0 Å². The lowest BCUT2D eigenvalue weighted by Gasteiger charge is -2.10. The molecule has 0 unspecified atom stereocenters. The van der Waals surface area contributed by atoms with Crippen molar-refractivity contribution in [3.63, 3.8) is 0 Å². The molecule has 0 saturated heterocycles. The quantitative estimate of drug-likeness (QED) is 0.392. The molecule has 0 fully saturated rings. The number of rotatable bonds is 7. The van der Waals surface area contributed by atoms with Crippen molar-refractivity contribution in [1.82, 2.24) is 21.0 Å². The van der Waals surface area contributed by atoms with Gasteiger partial charge >= 0.3 is 0 Å². The van der Waals surface area contributed by atoms with E-state index in [0.717, 1.165) is 5.56 Å². The Bertz CT molecular complexity index is 1040. The topological polar surface area (TPSA) is 96.1 Å². The van der Waals surface area contributed by atoms with Gasteiger partial charge in [-0.2, -0.15) is 5.10 Å². The van der Waals surface area contributed by atoms with E-state index in [0.29, 0.717) is 35.1 Å². The van der Waals surface area contributed by atoms with Gasteiger partial charge < -0.3 is 4.74 Å². The standard InChI is InChI=1S/C21H20ClFN4O3/c1-13-11-15(22)6-9-18(13)30-10-2-3-19(28)25-27-21(29)17-12-24-26-20(17)14-4-7-16(23)8-5-14/h4-9,11-12H,2-3,10H2,1H3,(H,24,26)(H,25,28)(H,27,29). The van der Waals surface area contributed by atoms with Crippen LogP contribution in [0.2, 0.25) is 5.02 Å². The third kappa shape index (κ3) is 5.57. The number of H-pyrrole nitrogens is 1. The molecule has 3 rings (SSSR count). The second kappa shape index (κ2) is 9.89. The Balaban J connectivity index is 1.44. The highest BCUT2D eigenvalue weighted by atomic mass is 35.5. The minimum absolute atomic E-state index is 0.170. The summed E-state index contributed by atoms with van der Waals surface area (Å²) in [5.74, 6) is -0.566. The summed E-state index contributed by atoms with van der Waals surface area (Å²) < 4.78 is 18.7. The van der Waals surface area contributed by atoms with Crippen LogP contribution in [0.1, 0.15) is 28.8 Å². The molecule has 0 bridgehead atoms. The highest BCUT2D eigenvalue weighted by molar-refractivity contribution is 6.30. The Morgan fingerprint density at radius 2 is 1.93 bits per heavy atom. The molecule has 2 aromatic carbocycles. The molecule has 0 aliphatic heterocycles. The molecule has 30 heavy (non-hydrogen) atoms. The molecule has 1 heterocycles. The van der Waals surface area contributed by atoms with E-state index in [9.17, 15) is 14.0 Å². The first-order valence-corrected chi connectivity index (χ1v) is 9.59. The molecule has 1 aromatic heterocycles. The molecule has 3 N–H and O–H groups in total. The highest BCUT2D eigenvalue weighted by Gasteiger charge is 2.16. The summed E-state index contributed by atoms with van der Waals surface area (Å²) in [4.78, 5) is 24.3. The number of nitrogens with one attached hydrogen (secondary N) is 3. The number of amides is 2. The number of carbonyl (C=O) groups excluding carboxylic acids is 2. The fourth-order valence-electron chi connectivity index (χ4n) is 2.74. The summed E-state index contributed by atoms with van der Waals surface area (Å²) in [6.45, 7) is 2.24. The smallest absolute Gasteiger partial charge is 0.273 e. The molecule has 0 saturated carbocycles. The van der Waals surface area contributed by atoms with E-state index in [2.05, 4.69) is 21.0 Å². The van der Waals surface area contributed by atoms with Crippen LogP contribution in [0.15, 0.2) is 48.7 Å². The van der Waals surface area contributed by atoms with Crippen molar-refractivity contribution in [2.45, 2.75) is 19.8 Å². The number of halogens is 2. The molecule has 156 valence electrons. The molecule has 0 radical (unpaired) electrons. The van der Waals surface area contributed by atoms with Gasteiger partial charge in [0.05, 0.1) is 24.1 Å². The van der Waals surface area contributed by atoms with Crippen LogP contribution in [0.3, 0.4) is 0 Å². The van der Waals surface area contributed by atoms with Crippen LogP contribution >= 0.6 is 11.6 Å². The minimum Gasteiger partial charge on any atom is -0.493 e. The summed E-state index contributed by atoms with van der Waals surface area (Å²) in [5.41, 5.74) is 6.88. The third-order valence-electron chi connectivity index (χ3n) is 4.28. The summed E-state index contributed by atoms with van der Waals surface area (Å²) in [5, 5.41) is 7.19. The van der Waals surface area contributed by atoms with Gasteiger partial charge in [-0.25, -0.2) is 4.39 Å². The van der Waals surface area contributed by atoms with Gasteiger partial charge in [0, 0.05) is 17.0 Å². The number of nitrogens with zero attached hydrogens (tertiary/aromatic N) is 1. The Kier molecular flexibility index (Phi) is 7.03. The van der Waals surface area contributed by atoms with E-state index in [-0.39, 0.29) is 23.7 Å². The lowest BCUT2D eigenvalue weighted by atomic mass is 10.1. The number of hydrogen-bond acceptors (Lipinski definition) is 4. The van der Waals surface area contributed by atoms with Gasteiger partial charge in [0.15, 0.2) is 0 Å². The number of hydrogen-bond donors (Lipinski definition) is 3. The number of aromatic nitrogens is 2. The molecule has 7 nitrogen and oxygen atoms in total. The van der Waals surface area contributed by atoms with Crippen molar-refractivity contribution < 1.29 is 18.7 Å². The number of benzene rings is 2. The van der Waals surface area contributed by atoms with Crippen molar-refractivity contribution in [3.8, 4) is 17.0 Å². The SMILES string of the molecule is Cc1cc(Cl)ccc1OCCCC(=O)NNC(=O)c1cn[nH]c1-c1ccc(F)cc1. The van der Waals surface area contributed by atoms with E-state index in [4.69, 9.17) is 16.3 Å². The van der Waals surface area contributed by atoms with Gasteiger partial charge in [-0.05, 0) is 61.4 Å². The number of carbonyl (C=O) groups is 2. The third-order valence-corrected chi connectivity index (χ3v) is 4.51. The monoisotopic (exact) mass is 430 g/mol. The molecule has 3 aromatic rings. The van der Waals surface area contributed by atoms with Crippen molar-refractivity contribution in [3.05, 3.63) is 70.6 Å². The number of ether oxygens (including phenoxy) is 1. The van der Waals surface area contributed by atoms with Crippen molar-refractivity contribution in [2.75, 3.05) is 6.61 Å². The second-order valence-electron chi connectivity index (χ2n) is 6.53. The Morgan fingerprint density at radius 1 is 1.17 bits per heavy atom. The zero-order valence-electron chi connectivity index (χ0n) is 16.2. The Morgan fingerprint density at radius 3 is 2.67 bits per heavy atom. The normalized spacial score (nSPS) is 10.5. The summed E-state index contributed by atoms with van der Waals surface area (Å²) >= 11 is 5.90. The predicted octanol–water partition coefficient (Wildman–Crippen LogP) is 3.80. The van der Waals surface area contributed by atoms with Crippen LogP contribution < -0.4 is 15.6 Å². The Hall–Kier alpha value is -3.39. The molecule has 0 aliphatic carbocycles. The fourth-order valence-corrected chi connectivity index (χ4v) is 2.97. The summed E-state index contributed by atoms with van der Waals surface area (Å²) in [7, 11) is 0. The molecule has 0 atom stereocenters. The molecule has 9 heteroatoms. The number of aromatic amines is 1. The Labute approximate surface area is 177 Å². The average molecular weight is 431 g/mol. The highest BCUT2D eigenvalue weighted by Crippen LogP contribution is 2.22. The van der Waals surface area contributed by atoms with Crippen LogP contribution in [0.5, 0.6) is 5.75 Å². The van der Waals surface area contributed by atoms with E-state index in [1.54, 1.807) is 18.2 Å². The first-order valence-electron chi connectivity index (χ1n) is 9.21. The van der Waals surface area contributed by atoms with E-state index in [1.807, 2.05) is 6.92 Å². The minimum atomic E-state index is -0.538. The molecular weight excluding hydrogens is 411 g/mol.